The van der Waals surface area contributed by atoms with Crippen LogP contribution in [0.15, 0.2) is 54.6 Å². The third kappa shape index (κ3) is 6.54. The smallest absolute Gasteiger partial charge is 0.225 e. The van der Waals surface area contributed by atoms with E-state index < -0.39 is 17.9 Å². The first kappa shape index (κ1) is 21.2. The number of benzene rings is 2. The van der Waals surface area contributed by atoms with Crippen LogP contribution in [0.3, 0.4) is 0 Å². The molecule has 0 aliphatic heterocycles. The Hall–Kier alpha value is -3.15. The van der Waals surface area contributed by atoms with Crippen LogP contribution in [0.25, 0.3) is 0 Å². The number of nitrogens with one attached hydrogen (secondary N) is 2. The van der Waals surface area contributed by atoms with E-state index in [0.29, 0.717) is 12.0 Å². The van der Waals surface area contributed by atoms with Gasteiger partial charge in [-0.3, -0.25) is 9.59 Å². The Morgan fingerprint density at radius 2 is 1.61 bits per heavy atom. The normalized spacial score (nSPS) is 12.8. The van der Waals surface area contributed by atoms with Crippen LogP contribution in [-0.2, 0) is 14.4 Å². The van der Waals surface area contributed by atoms with Gasteiger partial charge in [0.1, 0.15) is 6.29 Å². The molecule has 2 rings (SSSR count). The van der Waals surface area contributed by atoms with Crippen LogP contribution in [0, 0.1) is 5.92 Å². The summed E-state index contributed by atoms with van der Waals surface area (Å²) >= 11 is 0. The molecule has 0 spiro atoms. The standard InChI is InChI=1S/C22H27N3O3/c1-15(2)12-19(14-26)25-21(27)13-20(22(23)28)16-8-10-18(11-9-16)24-17-6-4-3-5-7-17/h3-11,14-15,19-20,24H,12-13H2,1-2H3,(H2,23,28)(H,25,27)/t19-,20?/m0/s1. The molecule has 0 aliphatic carbocycles. The molecule has 0 heterocycles. The van der Waals surface area contributed by atoms with E-state index in [1.807, 2.05) is 56.3 Å². The van der Waals surface area contributed by atoms with Gasteiger partial charge in [0.15, 0.2) is 0 Å². The van der Waals surface area contributed by atoms with Gasteiger partial charge in [-0.1, -0.05) is 44.2 Å². The molecule has 2 atom stereocenters. The highest BCUT2D eigenvalue weighted by Gasteiger charge is 2.23. The molecule has 6 nitrogen and oxygen atoms in total. The summed E-state index contributed by atoms with van der Waals surface area (Å²) in [5.41, 5.74) is 7.99. The summed E-state index contributed by atoms with van der Waals surface area (Å²) in [5, 5.41) is 5.93. The summed E-state index contributed by atoms with van der Waals surface area (Å²) in [6.07, 6.45) is 1.18. The Balaban J connectivity index is 2.03. The molecule has 0 radical (unpaired) electrons. The average Bonchev–Trinajstić information content (AvgIpc) is 2.66. The summed E-state index contributed by atoms with van der Waals surface area (Å²) in [4.78, 5) is 35.3. The fourth-order valence-electron chi connectivity index (χ4n) is 2.98. The predicted octanol–water partition coefficient (Wildman–Crippen LogP) is 3.12. The molecule has 4 N–H and O–H groups in total. The Bertz CT molecular complexity index is 788. The van der Waals surface area contributed by atoms with Crippen molar-refractivity contribution < 1.29 is 14.4 Å². The maximum Gasteiger partial charge on any atom is 0.225 e. The number of hydrogen-bond acceptors (Lipinski definition) is 4. The quantitative estimate of drug-likeness (QED) is 0.550. The molecule has 2 aromatic carbocycles. The van der Waals surface area contributed by atoms with Crippen LogP contribution in [0.1, 0.15) is 38.2 Å². The molecule has 6 heteroatoms. The molecule has 148 valence electrons. The lowest BCUT2D eigenvalue weighted by Crippen LogP contribution is -2.38. The summed E-state index contributed by atoms with van der Waals surface area (Å²) in [6.45, 7) is 3.94. The van der Waals surface area contributed by atoms with Crippen molar-refractivity contribution in [1.29, 1.82) is 0 Å². The van der Waals surface area contributed by atoms with Gasteiger partial charge in [-0.25, -0.2) is 0 Å². The van der Waals surface area contributed by atoms with Gasteiger partial charge in [0, 0.05) is 17.8 Å². The van der Waals surface area contributed by atoms with Crippen molar-refractivity contribution >= 4 is 29.5 Å². The monoisotopic (exact) mass is 381 g/mol. The summed E-state index contributed by atoms with van der Waals surface area (Å²) < 4.78 is 0. The van der Waals surface area contributed by atoms with Gasteiger partial charge in [0.05, 0.1) is 12.0 Å². The van der Waals surface area contributed by atoms with Crippen LogP contribution in [0.2, 0.25) is 0 Å². The number of amides is 2. The number of para-hydroxylation sites is 1. The molecule has 28 heavy (non-hydrogen) atoms. The molecule has 2 aromatic rings. The Labute approximate surface area is 165 Å². The van der Waals surface area contributed by atoms with E-state index in [2.05, 4.69) is 10.6 Å². The molecular weight excluding hydrogens is 354 g/mol. The van der Waals surface area contributed by atoms with Crippen molar-refractivity contribution in [3.63, 3.8) is 0 Å². The van der Waals surface area contributed by atoms with Gasteiger partial charge in [-0.15, -0.1) is 0 Å². The van der Waals surface area contributed by atoms with Crippen molar-refractivity contribution in [3.8, 4) is 0 Å². The zero-order valence-electron chi connectivity index (χ0n) is 16.2. The lowest BCUT2D eigenvalue weighted by Gasteiger charge is -2.18. The molecular formula is C22H27N3O3. The van der Waals surface area contributed by atoms with E-state index in [9.17, 15) is 14.4 Å². The van der Waals surface area contributed by atoms with Gasteiger partial charge in [-0.05, 0) is 42.2 Å². The van der Waals surface area contributed by atoms with Crippen LogP contribution >= 0.6 is 0 Å². The van der Waals surface area contributed by atoms with Gasteiger partial charge in [0.25, 0.3) is 0 Å². The molecule has 0 fully saturated rings. The van der Waals surface area contributed by atoms with Crippen molar-refractivity contribution in [2.45, 2.75) is 38.6 Å². The second-order valence-corrected chi connectivity index (χ2v) is 7.21. The van der Waals surface area contributed by atoms with Crippen LogP contribution in [0.5, 0.6) is 0 Å². The first-order valence-corrected chi connectivity index (χ1v) is 9.35. The number of nitrogens with two attached hydrogens (primary N) is 1. The topological polar surface area (TPSA) is 101 Å². The molecule has 0 aromatic heterocycles. The molecule has 1 unspecified atom stereocenters. The maximum absolute atomic E-state index is 12.3. The highest BCUT2D eigenvalue weighted by atomic mass is 16.2. The predicted molar refractivity (Wildman–Crippen MR) is 110 cm³/mol. The van der Waals surface area contributed by atoms with Gasteiger partial charge < -0.3 is 21.2 Å². The number of rotatable bonds is 10. The molecule has 0 saturated carbocycles. The van der Waals surface area contributed by atoms with Crippen molar-refractivity contribution in [1.82, 2.24) is 5.32 Å². The number of anilines is 2. The fourth-order valence-corrected chi connectivity index (χ4v) is 2.98. The largest absolute Gasteiger partial charge is 0.369 e. The van der Waals surface area contributed by atoms with Crippen LogP contribution < -0.4 is 16.4 Å². The minimum absolute atomic E-state index is 0.0940. The Kier molecular flexibility index (Phi) is 7.75. The summed E-state index contributed by atoms with van der Waals surface area (Å²) in [6, 6.07) is 16.4. The lowest BCUT2D eigenvalue weighted by molar-refractivity contribution is -0.127. The number of carbonyl (C=O) groups excluding carboxylic acids is 3. The lowest BCUT2D eigenvalue weighted by atomic mass is 9.94. The second-order valence-electron chi connectivity index (χ2n) is 7.21. The van der Waals surface area contributed by atoms with Gasteiger partial charge in [-0.2, -0.15) is 0 Å². The maximum atomic E-state index is 12.3. The number of hydrogen-bond donors (Lipinski definition) is 3. The minimum Gasteiger partial charge on any atom is -0.369 e. The SMILES string of the molecule is CC(C)C[C@@H](C=O)NC(=O)CC(C(N)=O)c1ccc(Nc2ccccc2)cc1. The van der Waals surface area contributed by atoms with E-state index in [1.165, 1.54) is 0 Å². The average molecular weight is 381 g/mol. The highest BCUT2D eigenvalue weighted by molar-refractivity contribution is 5.89. The molecule has 2 amide bonds. The van der Waals surface area contributed by atoms with E-state index in [-0.39, 0.29) is 18.2 Å². The summed E-state index contributed by atoms with van der Waals surface area (Å²) in [5.74, 6) is -1.43. The van der Waals surface area contributed by atoms with E-state index in [4.69, 9.17) is 5.73 Å². The first-order chi connectivity index (χ1) is 13.4. The zero-order valence-corrected chi connectivity index (χ0v) is 16.2. The van der Waals surface area contributed by atoms with Crippen molar-refractivity contribution in [2.75, 3.05) is 5.32 Å². The Morgan fingerprint density at radius 3 is 2.14 bits per heavy atom. The third-order valence-corrected chi connectivity index (χ3v) is 4.34. The fraction of sp³-hybridized carbons (Fsp3) is 0.318. The van der Waals surface area contributed by atoms with Gasteiger partial charge in [0.2, 0.25) is 11.8 Å². The zero-order chi connectivity index (χ0) is 20.5. The summed E-state index contributed by atoms with van der Waals surface area (Å²) in [7, 11) is 0. The van der Waals surface area contributed by atoms with E-state index in [1.54, 1.807) is 12.1 Å². The minimum atomic E-state index is -0.753. The second kappa shape index (κ2) is 10.3. The van der Waals surface area contributed by atoms with Gasteiger partial charge >= 0.3 is 0 Å². The Morgan fingerprint density at radius 1 is 1.00 bits per heavy atom. The van der Waals surface area contributed by atoms with Crippen LogP contribution in [-0.4, -0.2) is 24.1 Å². The third-order valence-electron chi connectivity index (χ3n) is 4.34. The number of primary amides is 1. The first-order valence-electron chi connectivity index (χ1n) is 9.35. The van der Waals surface area contributed by atoms with Crippen molar-refractivity contribution in [2.24, 2.45) is 11.7 Å². The highest BCUT2D eigenvalue weighted by Crippen LogP contribution is 2.23. The molecule has 0 bridgehead atoms. The van der Waals surface area contributed by atoms with E-state index in [0.717, 1.165) is 17.7 Å². The number of aldehydes is 1. The van der Waals surface area contributed by atoms with E-state index >= 15 is 0 Å². The molecule has 0 aliphatic rings. The molecule has 0 saturated heterocycles. The number of carbonyl (C=O) groups is 3. The van der Waals surface area contributed by atoms with Crippen molar-refractivity contribution in [3.05, 3.63) is 60.2 Å². The van der Waals surface area contributed by atoms with Crippen LogP contribution in [0.4, 0.5) is 11.4 Å².